The Morgan fingerprint density at radius 2 is 1.90 bits per heavy atom. The van der Waals surface area contributed by atoms with Crippen molar-refractivity contribution in [2.75, 3.05) is 0 Å². The number of hydrogen-bond donors (Lipinski definition) is 1. The van der Waals surface area contributed by atoms with Crippen LogP contribution in [0.2, 0.25) is 5.15 Å². The van der Waals surface area contributed by atoms with E-state index in [9.17, 15) is 14.0 Å². The number of benzene rings is 1. The monoisotopic (exact) mass is 296 g/mol. The summed E-state index contributed by atoms with van der Waals surface area (Å²) in [6.07, 6.45) is 1.58. The summed E-state index contributed by atoms with van der Waals surface area (Å²) >= 11 is 5.95. The minimum absolute atomic E-state index is 0.0284. The molecule has 0 fully saturated rings. The number of halogens is 2. The molecule has 0 aliphatic rings. The Bertz CT molecular complexity index is 719. The standard InChI is InChI=1S/C14H14ClFN2O2/c1-2-3-8-18-13(19)11(12(15)17-14(18)20)9-4-6-10(16)7-5-9/h4-7H,2-3,8H2,1H3,(H,17,20). The highest BCUT2D eigenvalue weighted by molar-refractivity contribution is 6.32. The van der Waals surface area contributed by atoms with Crippen molar-refractivity contribution in [3.05, 3.63) is 56.1 Å². The first-order valence-electron chi connectivity index (χ1n) is 6.33. The zero-order valence-corrected chi connectivity index (χ0v) is 11.7. The fourth-order valence-corrected chi connectivity index (χ4v) is 2.20. The van der Waals surface area contributed by atoms with E-state index in [2.05, 4.69) is 4.98 Å². The minimum Gasteiger partial charge on any atom is -0.297 e. The van der Waals surface area contributed by atoms with Gasteiger partial charge in [0.2, 0.25) is 0 Å². The number of aromatic nitrogens is 2. The fraction of sp³-hybridized carbons (Fsp3) is 0.286. The van der Waals surface area contributed by atoms with E-state index in [4.69, 9.17) is 11.6 Å². The molecule has 2 rings (SSSR count). The lowest BCUT2D eigenvalue weighted by molar-refractivity contribution is 0.584. The topological polar surface area (TPSA) is 54.9 Å². The molecule has 0 aliphatic carbocycles. The lowest BCUT2D eigenvalue weighted by atomic mass is 10.1. The number of unbranched alkanes of at least 4 members (excludes halogenated alkanes) is 1. The number of aromatic amines is 1. The van der Waals surface area contributed by atoms with Crippen molar-refractivity contribution in [1.29, 1.82) is 0 Å². The molecular weight excluding hydrogens is 283 g/mol. The summed E-state index contributed by atoms with van der Waals surface area (Å²) in [6, 6.07) is 5.40. The van der Waals surface area contributed by atoms with Crippen molar-refractivity contribution in [3.63, 3.8) is 0 Å². The summed E-state index contributed by atoms with van der Waals surface area (Å²) in [7, 11) is 0. The molecule has 1 heterocycles. The van der Waals surface area contributed by atoms with Gasteiger partial charge in [-0.25, -0.2) is 9.18 Å². The Balaban J connectivity index is 2.61. The van der Waals surface area contributed by atoms with Crippen LogP contribution in [0.1, 0.15) is 19.8 Å². The molecule has 1 aromatic carbocycles. The molecule has 2 aromatic rings. The van der Waals surface area contributed by atoms with Crippen LogP contribution in [0.5, 0.6) is 0 Å². The largest absolute Gasteiger partial charge is 0.329 e. The molecule has 1 N–H and O–H groups in total. The summed E-state index contributed by atoms with van der Waals surface area (Å²) in [4.78, 5) is 26.6. The number of hydrogen-bond acceptors (Lipinski definition) is 2. The Morgan fingerprint density at radius 3 is 2.50 bits per heavy atom. The van der Waals surface area contributed by atoms with Crippen LogP contribution in [-0.4, -0.2) is 9.55 Å². The molecule has 1 aromatic heterocycles. The Labute approximate surface area is 119 Å². The van der Waals surface area contributed by atoms with Gasteiger partial charge in [0, 0.05) is 6.54 Å². The summed E-state index contributed by atoms with van der Waals surface area (Å²) < 4.78 is 14.1. The van der Waals surface area contributed by atoms with Gasteiger partial charge in [0.1, 0.15) is 11.0 Å². The summed E-state index contributed by atoms with van der Waals surface area (Å²) in [6.45, 7) is 2.30. The molecule has 0 unspecified atom stereocenters. The van der Waals surface area contributed by atoms with Crippen LogP contribution in [0.3, 0.4) is 0 Å². The maximum atomic E-state index is 12.9. The normalized spacial score (nSPS) is 10.8. The third-order valence-electron chi connectivity index (χ3n) is 3.01. The Morgan fingerprint density at radius 1 is 1.25 bits per heavy atom. The van der Waals surface area contributed by atoms with Crippen molar-refractivity contribution in [3.8, 4) is 11.1 Å². The molecule has 0 atom stereocenters. The van der Waals surface area contributed by atoms with Crippen LogP contribution in [0, 0.1) is 5.82 Å². The maximum absolute atomic E-state index is 12.9. The smallest absolute Gasteiger partial charge is 0.297 e. The Kier molecular flexibility index (Phi) is 4.39. The van der Waals surface area contributed by atoms with E-state index in [1.54, 1.807) is 0 Å². The fourth-order valence-electron chi connectivity index (χ4n) is 1.93. The molecule has 0 spiro atoms. The average molecular weight is 297 g/mol. The zero-order valence-electron chi connectivity index (χ0n) is 11.0. The molecule has 6 heteroatoms. The van der Waals surface area contributed by atoms with Crippen molar-refractivity contribution >= 4 is 11.6 Å². The van der Waals surface area contributed by atoms with Gasteiger partial charge in [-0.2, -0.15) is 0 Å². The highest BCUT2D eigenvalue weighted by Gasteiger charge is 2.14. The van der Waals surface area contributed by atoms with Gasteiger partial charge in [0.05, 0.1) is 5.56 Å². The molecule has 0 saturated carbocycles. The molecule has 4 nitrogen and oxygen atoms in total. The van der Waals surface area contributed by atoms with Crippen molar-refractivity contribution in [2.24, 2.45) is 0 Å². The highest BCUT2D eigenvalue weighted by Crippen LogP contribution is 2.21. The first-order chi connectivity index (χ1) is 9.54. The predicted octanol–water partition coefficient (Wildman–Crippen LogP) is 2.80. The van der Waals surface area contributed by atoms with Crippen LogP contribution in [0.25, 0.3) is 11.1 Å². The molecule has 0 radical (unpaired) electrons. The number of nitrogens with one attached hydrogen (secondary N) is 1. The number of rotatable bonds is 4. The second kappa shape index (κ2) is 6.05. The molecule has 106 valence electrons. The number of nitrogens with zero attached hydrogens (tertiary/aromatic N) is 1. The highest BCUT2D eigenvalue weighted by atomic mass is 35.5. The van der Waals surface area contributed by atoms with Gasteiger partial charge in [-0.3, -0.25) is 14.3 Å². The van der Waals surface area contributed by atoms with Crippen molar-refractivity contribution in [1.82, 2.24) is 9.55 Å². The van der Waals surface area contributed by atoms with Gasteiger partial charge in [-0.05, 0) is 24.1 Å². The van der Waals surface area contributed by atoms with E-state index in [1.807, 2.05) is 6.92 Å². The van der Waals surface area contributed by atoms with Gasteiger partial charge in [-0.1, -0.05) is 37.1 Å². The lowest BCUT2D eigenvalue weighted by Gasteiger charge is -2.08. The second-order valence-corrected chi connectivity index (χ2v) is 4.81. The van der Waals surface area contributed by atoms with Crippen LogP contribution in [0.15, 0.2) is 33.9 Å². The average Bonchev–Trinajstić information content (AvgIpc) is 2.40. The van der Waals surface area contributed by atoms with Gasteiger partial charge in [0.25, 0.3) is 5.56 Å². The van der Waals surface area contributed by atoms with Gasteiger partial charge >= 0.3 is 5.69 Å². The third kappa shape index (κ3) is 2.82. The maximum Gasteiger partial charge on any atom is 0.329 e. The molecule has 0 saturated heterocycles. The molecule has 20 heavy (non-hydrogen) atoms. The van der Waals surface area contributed by atoms with Crippen LogP contribution in [-0.2, 0) is 6.54 Å². The van der Waals surface area contributed by atoms with E-state index in [-0.39, 0.29) is 10.7 Å². The van der Waals surface area contributed by atoms with Crippen LogP contribution >= 0.6 is 11.6 Å². The van der Waals surface area contributed by atoms with Crippen LogP contribution < -0.4 is 11.2 Å². The summed E-state index contributed by atoms with van der Waals surface area (Å²) in [5.74, 6) is -0.402. The second-order valence-electron chi connectivity index (χ2n) is 4.44. The van der Waals surface area contributed by atoms with E-state index >= 15 is 0 Å². The first kappa shape index (κ1) is 14.5. The molecular formula is C14H14ClFN2O2. The molecule has 0 bridgehead atoms. The van der Waals surface area contributed by atoms with E-state index in [0.29, 0.717) is 18.5 Å². The third-order valence-corrected chi connectivity index (χ3v) is 3.29. The molecule has 0 aliphatic heterocycles. The lowest BCUT2D eigenvalue weighted by Crippen LogP contribution is -2.36. The van der Waals surface area contributed by atoms with E-state index in [1.165, 1.54) is 24.3 Å². The summed E-state index contributed by atoms with van der Waals surface area (Å²) in [5.41, 5.74) is -0.330. The minimum atomic E-state index is -0.528. The zero-order chi connectivity index (χ0) is 14.7. The van der Waals surface area contributed by atoms with Gasteiger partial charge < -0.3 is 0 Å². The quantitative estimate of drug-likeness (QED) is 0.882. The van der Waals surface area contributed by atoms with Crippen molar-refractivity contribution in [2.45, 2.75) is 26.3 Å². The summed E-state index contributed by atoms with van der Waals surface area (Å²) in [5, 5.41) is -0.0284. The number of H-pyrrole nitrogens is 1. The van der Waals surface area contributed by atoms with Crippen molar-refractivity contribution < 1.29 is 4.39 Å². The Hall–Kier alpha value is -1.88. The predicted molar refractivity (Wildman–Crippen MR) is 76.6 cm³/mol. The van der Waals surface area contributed by atoms with E-state index < -0.39 is 17.1 Å². The van der Waals surface area contributed by atoms with Gasteiger partial charge in [-0.15, -0.1) is 0 Å². The molecule has 0 amide bonds. The van der Waals surface area contributed by atoms with E-state index in [0.717, 1.165) is 11.0 Å². The first-order valence-corrected chi connectivity index (χ1v) is 6.71. The van der Waals surface area contributed by atoms with Gasteiger partial charge in [0.15, 0.2) is 0 Å². The SMILES string of the molecule is CCCCn1c(=O)[nH]c(Cl)c(-c2ccc(F)cc2)c1=O. The van der Waals surface area contributed by atoms with Crippen LogP contribution in [0.4, 0.5) is 4.39 Å².